The fourth-order valence-electron chi connectivity index (χ4n) is 2.49. The Hall–Kier alpha value is -0.420. The molecule has 2 fully saturated rings. The number of rotatable bonds is 6. The molecule has 3 unspecified atom stereocenters. The SMILES string of the molecule is CC1CCC(CS(=O)CC2(CC(=O)O)CC2)O1. The first kappa shape index (κ1) is 13.0. The molecular weight excluding hydrogens is 240 g/mol. The van der Waals surface area contributed by atoms with Crippen molar-refractivity contribution < 1.29 is 18.8 Å². The molecule has 98 valence electrons. The lowest BCUT2D eigenvalue weighted by molar-refractivity contribution is -0.138. The van der Waals surface area contributed by atoms with Gasteiger partial charge >= 0.3 is 5.97 Å². The zero-order chi connectivity index (χ0) is 12.5. The Bertz CT molecular complexity index is 324. The van der Waals surface area contributed by atoms with Crippen LogP contribution in [0.3, 0.4) is 0 Å². The predicted octanol–water partition coefficient (Wildman–Crippen LogP) is 1.56. The molecule has 4 nitrogen and oxygen atoms in total. The largest absolute Gasteiger partial charge is 0.481 e. The van der Waals surface area contributed by atoms with Crippen molar-refractivity contribution in [1.82, 2.24) is 0 Å². The van der Waals surface area contributed by atoms with Gasteiger partial charge in [0.15, 0.2) is 0 Å². The molecule has 2 rings (SSSR count). The zero-order valence-electron chi connectivity index (χ0n) is 10.2. The topological polar surface area (TPSA) is 63.6 Å². The maximum Gasteiger partial charge on any atom is 0.303 e. The van der Waals surface area contributed by atoms with Crippen molar-refractivity contribution in [2.45, 2.75) is 51.2 Å². The first-order valence-electron chi connectivity index (χ1n) is 6.21. The smallest absolute Gasteiger partial charge is 0.303 e. The van der Waals surface area contributed by atoms with Gasteiger partial charge in [0.1, 0.15) is 0 Å². The second kappa shape index (κ2) is 5.06. The van der Waals surface area contributed by atoms with Gasteiger partial charge in [0.2, 0.25) is 0 Å². The first-order valence-corrected chi connectivity index (χ1v) is 7.70. The highest BCUT2D eigenvalue weighted by molar-refractivity contribution is 7.85. The number of carboxylic acid groups (broad SMARTS) is 1. The second-order valence-electron chi connectivity index (χ2n) is 5.47. The third-order valence-electron chi connectivity index (χ3n) is 3.64. The van der Waals surface area contributed by atoms with Crippen molar-refractivity contribution in [1.29, 1.82) is 0 Å². The third kappa shape index (κ3) is 3.78. The maximum absolute atomic E-state index is 12.0. The molecule has 2 aliphatic rings. The monoisotopic (exact) mass is 260 g/mol. The van der Waals surface area contributed by atoms with Gasteiger partial charge in [0, 0.05) is 22.3 Å². The van der Waals surface area contributed by atoms with Crippen molar-refractivity contribution in [3.63, 3.8) is 0 Å². The standard InChI is InChI=1S/C12H20O4S/c1-9-2-3-10(16-9)7-17(15)8-12(4-5-12)6-11(13)14/h9-10H,2-8H2,1H3,(H,13,14). The Morgan fingerprint density at radius 1 is 1.47 bits per heavy atom. The average molecular weight is 260 g/mol. The number of ether oxygens (including phenoxy) is 1. The predicted molar refractivity (Wildman–Crippen MR) is 65.4 cm³/mol. The van der Waals surface area contributed by atoms with E-state index in [0.29, 0.717) is 11.5 Å². The number of hydrogen-bond acceptors (Lipinski definition) is 3. The van der Waals surface area contributed by atoms with E-state index in [0.717, 1.165) is 25.7 Å². The number of carbonyl (C=O) groups is 1. The van der Waals surface area contributed by atoms with E-state index in [1.807, 2.05) is 6.92 Å². The molecule has 3 atom stereocenters. The molecule has 5 heteroatoms. The van der Waals surface area contributed by atoms with Crippen LogP contribution in [0, 0.1) is 5.41 Å². The summed E-state index contributed by atoms with van der Waals surface area (Å²) in [5.74, 6) is 0.337. The van der Waals surface area contributed by atoms with E-state index in [1.54, 1.807) is 0 Å². The van der Waals surface area contributed by atoms with Gasteiger partial charge in [0.25, 0.3) is 0 Å². The minimum absolute atomic E-state index is 0.117. The van der Waals surface area contributed by atoms with E-state index in [4.69, 9.17) is 9.84 Å². The van der Waals surface area contributed by atoms with Crippen LogP contribution in [0.5, 0.6) is 0 Å². The summed E-state index contributed by atoms with van der Waals surface area (Å²) in [7, 11) is -0.936. The van der Waals surface area contributed by atoms with Crippen molar-refractivity contribution in [2.24, 2.45) is 5.41 Å². The Labute approximate surface area is 104 Å². The Balaban J connectivity index is 1.76. The molecule has 1 saturated heterocycles. The van der Waals surface area contributed by atoms with Gasteiger partial charge in [-0.1, -0.05) is 0 Å². The average Bonchev–Trinajstić information content (AvgIpc) is 2.80. The van der Waals surface area contributed by atoms with E-state index in [-0.39, 0.29) is 24.0 Å². The molecule has 0 aromatic rings. The quantitative estimate of drug-likeness (QED) is 0.787. The van der Waals surface area contributed by atoms with Crippen LogP contribution in [0.15, 0.2) is 0 Å². The second-order valence-corrected chi connectivity index (χ2v) is 6.97. The molecule has 0 bridgehead atoms. The van der Waals surface area contributed by atoms with E-state index in [2.05, 4.69) is 0 Å². The van der Waals surface area contributed by atoms with Crippen LogP contribution in [0.2, 0.25) is 0 Å². The lowest BCUT2D eigenvalue weighted by Gasteiger charge is -2.15. The third-order valence-corrected chi connectivity index (χ3v) is 5.32. The van der Waals surface area contributed by atoms with Crippen molar-refractivity contribution >= 4 is 16.8 Å². The molecule has 17 heavy (non-hydrogen) atoms. The molecular formula is C12H20O4S. The molecule has 1 heterocycles. The van der Waals surface area contributed by atoms with Crippen LogP contribution >= 0.6 is 0 Å². The summed E-state index contributed by atoms with van der Waals surface area (Å²) in [6.07, 6.45) is 4.42. The van der Waals surface area contributed by atoms with Crippen molar-refractivity contribution in [3.05, 3.63) is 0 Å². The van der Waals surface area contributed by atoms with Crippen LogP contribution in [-0.2, 0) is 20.3 Å². The number of aliphatic carboxylic acids is 1. The molecule has 0 spiro atoms. The number of hydrogen-bond donors (Lipinski definition) is 1. The molecule has 0 aromatic carbocycles. The molecule has 1 N–H and O–H groups in total. The zero-order valence-corrected chi connectivity index (χ0v) is 11.0. The lowest BCUT2D eigenvalue weighted by atomic mass is 10.1. The van der Waals surface area contributed by atoms with Crippen LogP contribution in [-0.4, -0.2) is 39.0 Å². The molecule has 1 aliphatic heterocycles. The number of carboxylic acids is 1. The van der Waals surface area contributed by atoms with E-state index >= 15 is 0 Å². The molecule has 0 aromatic heterocycles. The lowest BCUT2D eigenvalue weighted by Crippen LogP contribution is -2.24. The molecule has 0 amide bonds. The summed E-state index contributed by atoms with van der Waals surface area (Å²) in [6.45, 7) is 2.04. The fourth-order valence-corrected chi connectivity index (χ4v) is 4.34. The normalized spacial score (nSPS) is 32.3. The van der Waals surface area contributed by atoms with Gasteiger partial charge in [0.05, 0.1) is 18.6 Å². The highest BCUT2D eigenvalue weighted by atomic mass is 32.2. The summed E-state index contributed by atoms with van der Waals surface area (Å²) in [4.78, 5) is 10.7. The van der Waals surface area contributed by atoms with Gasteiger partial charge in [-0.25, -0.2) is 0 Å². The van der Waals surface area contributed by atoms with Crippen LogP contribution in [0.25, 0.3) is 0 Å². The minimum atomic E-state index is -0.936. The van der Waals surface area contributed by atoms with Crippen LogP contribution in [0.1, 0.15) is 39.0 Å². The summed E-state index contributed by atoms with van der Waals surface area (Å²) in [5.41, 5.74) is -0.166. The van der Waals surface area contributed by atoms with Crippen LogP contribution < -0.4 is 0 Å². The highest BCUT2D eigenvalue weighted by Gasteiger charge is 2.45. The van der Waals surface area contributed by atoms with Crippen molar-refractivity contribution in [3.8, 4) is 0 Å². The van der Waals surface area contributed by atoms with Gasteiger partial charge in [-0.3, -0.25) is 9.00 Å². The summed E-state index contributed by atoms with van der Waals surface area (Å²) < 4.78 is 17.6. The van der Waals surface area contributed by atoms with Gasteiger partial charge in [-0.15, -0.1) is 0 Å². The van der Waals surface area contributed by atoms with Crippen molar-refractivity contribution in [2.75, 3.05) is 11.5 Å². The highest BCUT2D eigenvalue weighted by Crippen LogP contribution is 2.49. The Kier molecular flexibility index (Phi) is 3.88. The summed E-state index contributed by atoms with van der Waals surface area (Å²) >= 11 is 0. The maximum atomic E-state index is 12.0. The first-order chi connectivity index (χ1) is 7.99. The van der Waals surface area contributed by atoms with E-state index in [9.17, 15) is 9.00 Å². The van der Waals surface area contributed by atoms with Gasteiger partial charge in [-0.2, -0.15) is 0 Å². The van der Waals surface area contributed by atoms with Gasteiger partial charge in [-0.05, 0) is 38.0 Å². The Morgan fingerprint density at radius 3 is 2.65 bits per heavy atom. The summed E-state index contributed by atoms with van der Waals surface area (Å²) in [6, 6.07) is 0. The fraction of sp³-hybridized carbons (Fsp3) is 0.917. The molecule has 1 aliphatic carbocycles. The Morgan fingerprint density at radius 2 is 2.18 bits per heavy atom. The molecule has 0 radical (unpaired) electrons. The van der Waals surface area contributed by atoms with Crippen LogP contribution in [0.4, 0.5) is 0 Å². The molecule has 1 saturated carbocycles. The summed E-state index contributed by atoms with van der Waals surface area (Å²) in [5, 5.41) is 8.80. The minimum Gasteiger partial charge on any atom is -0.481 e. The van der Waals surface area contributed by atoms with Gasteiger partial charge < -0.3 is 9.84 Å². The van der Waals surface area contributed by atoms with E-state index < -0.39 is 16.8 Å². The van der Waals surface area contributed by atoms with E-state index in [1.165, 1.54) is 0 Å².